The molecular formula is C31H24N4O6. The number of nitrogens with one attached hydrogen (secondary N) is 1. The summed E-state index contributed by atoms with van der Waals surface area (Å²) < 4.78 is 5.28. The molecule has 0 unspecified atom stereocenters. The number of anilines is 1. The van der Waals surface area contributed by atoms with Gasteiger partial charge in [0.1, 0.15) is 5.75 Å². The highest BCUT2D eigenvalue weighted by molar-refractivity contribution is 6.21. The van der Waals surface area contributed by atoms with Crippen LogP contribution in [0, 0.1) is 17.0 Å². The van der Waals surface area contributed by atoms with E-state index in [-0.39, 0.29) is 23.8 Å². The second-order valence-electron chi connectivity index (χ2n) is 9.21. The first-order chi connectivity index (χ1) is 19.8. The Hall–Kier alpha value is -5.64. The molecule has 0 radical (unpaired) electrons. The first-order valence-corrected chi connectivity index (χ1v) is 12.7. The molecule has 0 fully saturated rings. The van der Waals surface area contributed by atoms with Gasteiger partial charge in [0, 0.05) is 28.8 Å². The molecule has 204 valence electrons. The molecule has 0 spiro atoms. The average molecular weight is 549 g/mol. The largest absolute Gasteiger partial charge is 0.414 e. The van der Waals surface area contributed by atoms with E-state index in [2.05, 4.69) is 10.3 Å². The molecule has 1 atom stereocenters. The number of ketones is 1. The van der Waals surface area contributed by atoms with E-state index in [1.54, 1.807) is 36.4 Å². The zero-order valence-corrected chi connectivity index (χ0v) is 21.9. The smallest absolute Gasteiger partial charge is 0.410 e. The number of non-ortho nitro benzene ring substituents is 1. The molecule has 4 aromatic rings. The van der Waals surface area contributed by atoms with Crippen LogP contribution in [-0.4, -0.2) is 41.1 Å². The SMILES string of the molecule is Cc1ccccc1C(=O)CN1C(=O)[C@@H](NC(=O)Oc2ccc([N+](=O)[O-])cc2)N=C(c2ccccc2)c2ccccc21. The van der Waals surface area contributed by atoms with Crippen LogP contribution in [-0.2, 0) is 4.79 Å². The first kappa shape index (κ1) is 26.9. The lowest BCUT2D eigenvalue weighted by molar-refractivity contribution is -0.384. The fourth-order valence-electron chi connectivity index (χ4n) is 4.51. The number of carbonyl (C=O) groups excluding carboxylic acids is 3. The van der Waals surface area contributed by atoms with E-state index in [1.165, 1.54) is 29.2 Å². The summed E-state index contributed by atoms with van der Waals surface area (Å²) in [6.07, 6.45) is -2.43. The maximum Gasteiger partial charge on any atom is 0.414 e. The van der Waals surface area contributed by atoms with Gasteiger partial charge in [-0.3, -0.25) is 25.0 Å². The number of hydrogen-bond donors (Lipinski definition) is 1. The van der Waals surface area contributed by atoms with Gasteiger partial charge in [0.25, 0.3) is 11.6 Å². The number of aryl methyl sites for hydroxylation is 1. The summed E-state index contributed by atoms with van der Waals surface area (Å²) in [4.78, 5) is 56.6. The fourth-order valence-corrected chi connectivity index (χ4v) is 4.51. The Morgan fingerprint density at radius 2 is 1.59 bits per heavy atom. The molecule has 2 amide bonds. The van der Waals surface area contributed by atoms with Gasteiger partial charge in [-0.15, -0.1) is 0 Å². The lowest BCUT2D eigenvalue weighted by Gasteiger charge is -2.25. The summed E-state index contributed by atoms with van der Waals surface area (Å²) in [5.41, 5.74) is 3.31. The Kier molecular flexibility index (Phi) is 7.64. The van der Waals surface area contributed by atoms with Gasteiger partial charge >= 0.3 is 6.09 Å². The van der Waals surface area contributed by atoms with E-state index in [1.807, 2.05) is 49.4 Å². The fraction of sp³-hybridized carbons (Fsp3) is 0.0968. The van der Waals surface area contributed by atoms with Crippen molar-refractivity contribution in [3.63, 3.8) is 0 Å². The number of para-hydroxylation sites is 1. The Bertz CT molecular complexity index is 1670. The summed E-state index contributed by atoms with van der Waals surface area (Å²) in [6, 6.07) is 28.3. The lowest BCUT2D eigenvalue weighted by Crippen LogP contribution is -2.49. The second kappa shape index (κ2) is 11.6. The molecule has 0 saturated heterocycles. The highest BCUT2D eigenvalue weighted by Gasteiger charge is 2.34. The van der Waals surface area contributed by atoms with Crippen LogP contribution in [0.1, 0.15) is 27.0 Å². The third-order valence-electron chi connectivity index (χ3n) is 6.52. The van der Waals surface area contributed by atoms with E-state index in [9.17, 15) is 24.5 Å². The van der Waals surface area contributed by atoms with Crippen LogP contribution in [0.15, 0.2) is 108 Å². The first-order valence-electron chi connectivity index (χ1n) is 12.7. The number of ether oxygens (including phenoxy) is 1. The van der Waals surface area contributed by atoms with Gasteiger partial charge in [0.15, 0.2) is 5.78 Å². The van der Waals surface area contributed by atoms with Gasteiger partial charge in [-0.05, 0) is 30.7 Å². The number of hydrogen-bond acceptors (Lipinski definition) is 7. The number of nitro benzene ring substituents is 1. The summed E-state index contributed by atoms with van der Waals surface area (Å²) in [5, 5.41) is 13.4. The molecule has 0 aliphatic carbocycles. The minimum atomic E-state index is -1.44. The number of carbonyl (C=O) groups is 3. The van der Waals surface area contributed by atoms with Crippen molar-refractivity contribution in [2.45, 2.75) is 13.1 Å². The standard InChI is InChI=1S/C31H24N4O6/c1-20-9-5-6-12-24(20)27(36)19-34-26-14-8-7-13-25(26)28(21-10-3-2-4-11-21)32-29(30(34)37)33-31(38)41-23-17-15-22(16-18-23)35(39)40/h2-18,29H,19H2,1H3,(H,33,38)/t29-/m1/s1. The molecule has 1 aliphatic heterocycles. The number of benzene rings is 4. The highest BCUT2D eigenvalue weighted by atomic mass is 16.6. The van der Waals surface area contributed by atoms with Gasteiger partial charge in [-0.25, -0.2) is 9.79 Å². The van der Waals surface area contributed by atoms with Gasteiger partial charge in [0.2, 0.25) is 6.17 Å². The molecule has 10 heteroatoms. The predicted molar refractivity (Wildman–Crippen MR) is 152 cm³/mol. The van der Waals surface area contributed by atoms with Crippen molar-refractivity contribution in [3.05, 3.63) is 135 Å². The Morgan fingerprint density at radius 1 is 0.927 bits per heavy atom. The zero-order valence-electron chi connectivity index (χ0n) is 21.9. The van der Waals surface area contributed by atoms with Crippen LogP contribution in [0.2, 0.25) is 0 Å². The van der Waals surface area contributed by atoms with Crippen molar-refractivity contribution < 1.29 is 24.0 Å². The number of Topliss-reactive ketones (excluding diaryl/α,β-unsaturated/α-hetero) is 1. The summed E-state index contributed by atoms with van der Waals surface area (Å²) in [7, 11) is 0. The van der Waals surface area contributed by atoms with Crippen molar-refractivity contribution in [1.29, 1.82) is 0 Å². The quantitative estimate of drug-likeness (QED) is 0.195. The van der Waals surface area contributed by atoms with Gasteiger partial charge in [-0.2, -0.15) is 0 Å². The molecule has 10 nitrogen and oxygen atoms in total. The third kappa shape index (κ3) is 5.86. The van der Waals surface area contributed by atoms with Crippen LogP contribution in [0.4, 0.5) is 16.2 Å². The molecule has 0 bridgehead atoms. The maximum absolute atomic E-state index is 14.0. The Labute approximate surface area is 235 Å². The number of amides is 2. The molecule has 1 heterocycles. The van der Waals surface area contributed by atoms with Crippen molar-refractivity contribution in [1.82, 2.24) is 5.32 Å². The monoisotopic (exact) mass is 548 g/mol. The molecule has 1 N–H and O–H groups in total. The number of rotatable bonds is 7. The van der Waals surface area contributed by atoms with Crippen molar-refractivity contribution in [2.24, 2.45) is 4.99 Å². The predicted octanol–water partition coefficient (Wildman–Crippen LogP) is 5.08. The number of aliphatic imine (C=N–C) groups is 1. The van der Waals surface area contributed by atoms with Gasteiger partial charge < -0.3 is 9.64 Å². The van der Waals surface area contributed by atoms with Crippen LogP contribution in [0.25, 0.3) is 0 Å². The normalized spacial score (nSPS) is 14.4. The van der Waals surface area contributed by atoms with Crippen LogP contribution < -0.4 is 15.0 Å². The van der Waals surface area contributed by atoms with Crippen molar-refractivity contribution in [2.75, 3.05) is 11.4 Å². The summed E-state index contributed by atoms with van der Waals surface area (Å²) in [5.74, 6) is -0.871. The molecule has 0 saturated carbocycles. The maximum atomic E-state index is 14.0. The topological polar surface area (TPSA) is 131 Å². The Balaban J connectivity index is 1.51. The molecule has 0 aromatic heterocycles. The van der Waals surface area contributed by atoms with E-state index in [0.29, 0.717) is 28.1 Å². The molecule has 5 rings (SSSR count). The highest BCUT2D eigenvalue weighted by Crippen LogP contribution is 2.29. The molecular weight excluding hydrogens is 524 g/mol. The van der Waals surface area contributed by atoms with E-state index in [0.717, 1.165) is 5.56 Å². The summed E-state index contributed by atoms with van der Waals surface area (Å²) in [6.45, 7) is 1.54. The van der Waals surface area contributed by atoms with E-state index in [4.69, 9.17) is 4.74 Å². The third-order valence-corrected chi connectivity index (χ3v) is 6.52. The lowest BCUT2D eigenvalue weighted by atomic mass is 9.99. The minimum Gasteiger partial charge on any atom is -0.410 e. The zero-order chi connectivity index (χ0) is 28.9. The Morgan fingerprint density at radius 3 is 2.29 bits per heavy atom. The molecule has 41 heavy (non-hydrogen) atoms. The van der Waals surface area contributed by atoms with E-state index < -0.39 is 23.1 Å². The second-order valence-corrected chi connectivity index (χ2v) is 9.21. The van der Waals surface area contributed by atoms with Crippen LogP contribution >= 0.6 is 0 Å². The number of nitro groups is 1. The molecule has 4 aromatic carbocycles. The van der Waals surface area contributed by atoms with Gasteiger partial charge in [0.05, 0.1) is 22.9 Å². The summed E-state index contributed by atoms with van der Waals surface area (Å²) >= 11 is 0. The van der Waals surface area contributed by atoms with E-state index >= 15 is 0 Å². The van der Waals surface area contributed by atoms with Crippen LogP contribution in [0.3, 0.4) is 0 Å². The minimum absolute atomic E-state index is 0.0382. The number of fused-ring (bicyclic) bond motifs is 1. The number of nitrogens with zero attached hydrogens (tertiary/aromatic N) is 3. The van der Waals surface area contributed by atoms with Crippen molar-refractivity contribution in [3.8, 4) is 5.75 Å². The van der Waals surface area contributed by atoms with Crippen molar-refractivity contribution >= 4 is 34.9 Å². The van der Waals surface area contributed by atoms with Crippen LogP contribution in [0.5, 0.6) is 5.75 Å². The average Bonchev–Trinajstić information content (AvgIpc) is 3.09. The number of benzodiazepines with no additional fused rings is 1. The van der Waals surface area contributed by atoms with Gasteiger partial charge in [-0.1, -0.05) is 72.8 Å². The molecule has 1 aliphatic rings.